The van der Waals surface area contributed by atoms with Crippen LogP contribution in [0, 0.1) is 0 Å². The van der Waals surface area contributed by atoms with Crippen molar-refractivity contribution in [2.75, 3.05) is 0 Å². The Balaban J connectivity index is 2.71. The van der Waals surface area contributed by atoms with E-state index in [0.717, 1.165) is 31.2 Å². The maximum absolute atomic E-state index is 11.3. The fraction of sp³-hybridized carbons (Fsp3) is 0.400. The summed E-state index contributed by atoms with van der Waals surface area (Å²) in [5, 5.41) is 9.26. The molecule has 0 bridgehead atoms. The summed E-state index contributed by atoms with van der Waals surface area (Å²) in [5.74, 6) is -0.203. The van der Waals surface area contributed by atoms with Gasteiger partial charge in [-0.25, -0.2) is 4.79 Å². The fourth-order valence-electron chi connectivity index (χ4n) is 1.75. The van der Waals surface area contributed by atoms with E-state index in [0.29, 0.717) is 0 Å². The van der Waals surface area contributed by atoms with E-state index in [-0.39, 0.29) is 11.9 Å². The summed E-state index contributed by atoms with van der Waals surface area (Å²) in [4.78, 5) is 11.3. The van der Waals surface area contributed by atoms with Crippen LogP contribution >= 0.6 is 0 Å². The number of carbonyl (C=O) groups excluding carboxylic acids is 1. The Morgan fingerprint density at radius 3 is 2.61 bits per heavy atom. The van der Waals surface area contributed by atoms with Crippen LogP contribution < -0.4 is 0 Å². The zero-order chi connectivity index (χ0) is 13.4. The average molecular weight is 248 g/mol. The molecule has 1 aromatic carbocycles. The third-order valence-electron chi connectivity index (χ3n) is 2.76. The molecule has 18 heavy (non-hydrogen) atoms. The number of unbranched alkanes of at least 4 members (excludes halogenated alkanes) is 2. The number of aromatic hydroxyl groups is 1. The number of benzene rings is 1. The molecule has 1 rings (SSSR count). The Hall–Kier alpha value is -1.77. The second-order valence-corrected chi connectivity index (χ2v) is 4.22. The Kier molecular flexibility index (Phi) is 5.98. The Morgan fingerprint density at radius 2 is 2.06 bits per heavy atom. The minimum atomic E-state index is -0.412. The van der Waals surface area contributed by atoms with Gasteiger partial charge >= 0.3 is 5.97 Å². The van der Waals surface area contributed by atoms with Crippen LogP contribution in [0.1, 0.15) is 44.3 Å². The van der Waals surface area contributed by atoms with Crippen molar-refractivity contribution >= 4 is 5.97 Å². The van der Waals surface area contributed by atoms with E-state index >= 15 is 0 Å². The lowest BCUT2D eigenvalue weighted by Gasteiger charge is -2.17. The van der Waals surface area contributed by atoms with Gasteiger partial charge in [-0.05, 0) is 30.5 Å². The van der Waals surface area contributed by atoms with Gasteiger partial charge in [0.05, 0.1) is 0 Å². The topological polar surface area (TPSA) is 46.5 Å². The van der Waals surface area contributed by atoms with Crippen molar-refractivity contribution in [3.63, 3.8) is 0 Å². The minimum Gasteiger partial charge on any atom is -0.508 e. The molecule has 1 aromatic rings. The van der Waals surface area contributed by atoms with Gasteiger partial charge in [0.15, 0.2) is 0 Å². The summed E-state index contributed by atoms with van der Waals surface area (Å²) in [5.41, 5.74) is 0.902. The molecule has 0 radical (unpaired) electrons. The fourth-order valence-corrected chi connectivity index (χ4v) is 1.75. The van der Waals surface area contributed by atoms with Crippen molar-refractivity contribution in [3.05, 3.63) is 42.5 Å². The first-order valence-corrected chi connectivity index (χ1v) is 6.29. The van der Waals surface area contributed by atoms with Crippen molar-refractivity contribution in [2.24, 2.45) is 0 Å². The Morgan fingerprint density at radius 1 is 1.39 bits per heavy atom. The number of carbonyl (C=O) groups is 1. The Bertz CT molecular complexity index is 381. The van der Waals surface area contributed by atoms with Crippen LogP contribution in [0.25, 0.3) is 0 Å². The highest BCUT2D eigenvalue weighted by Gasteiger charge is 2.14. The minimum absolute atomic E-state index is 0.209. The van der Waals surface area contributed by atoms with Crippen molar-refractivity contribution in [2.45, 2.75) is 38.7 Å². The molecule has 1 N–H and O–H groups in total. The van der Waals surface area contributed by atoms with Gasteiger partial charge in [-0.1, -0.05) is 38.5 Å². The lowest BCUT2D eigenvalue weighted by molar-refractivity contribution is -0.143. The largest absolute Gasteiger partial charge is 0.508 e. The number of esters is 1. The van der Waals surface area contributed by atoms with Gasteiger partial charge in [-0.2, -0.15) is 0 Å². The third-order valence-corrected chi connectivity index (χ3v) is 2.76. The monoisotopic (exact) mass is 248 g/mol. The number of ether oxygens (including phenoxy) is 1. The summed E-state index contributed by atoms with van der Waals surface area (Å²) in [7, 11) is 0. The molecule has 0 aliphatic carbocycles. The first-order chi connectivity index (χ1) is 8.67. The Labute approximate surface area is 108 Å². The second-order valence-electron chi connectivity index (χ2n) is 4.22. The predicted octanol–water partition coefficient (Wildman–Crippen LogP) is 3.74. The molecule has 0 saturated heterocycles. The van der Waals surface area contributed by atoms with Crippen LogP contribution in [0.2, 0.25) is 0 Å². The summed E-state index contributed by atoms with van der Waals surface area (Å²) in [6.07, 6.45) is 4.94. The summed E-state index contributed by atoms with van der Waals surface area (Å²) in [6, 6.07) is 6.76. The first-order valence-electron chi connectivity index (χ1n) is 6.29. The molecule has 0 spiro atoms. The molecule has 0 amide bonds. The predicted molar refractivity (Wildman–Crippen MR) is 71.3 cm³/mol. The third kappa shape index (κ3) is 4.62. The second kappa shape index (κ2) is 7.54. The lowest BCUT2D eigenvalue weighted by atomic mass is 10.0. The van der Waals surface area contributed by atoms with E-state index < -0.39 is 5.97 Å². The average Bonchev–Trinajstić information content (AvgIpc) is 2.38. The van der Waals surface area contributed by atoms with Crippen LogP contribution in [-0.4, -0.2) is 11.1 Å². The van der Waals surface area contributed by atoms with E-state index in [1.165, 1.54) is 6.08 Å². The van der Waals surface area contributed by atoms with Gasteiger partial charge in [0.25, 0.3) is 0 Å². The lowest BCUT2D eigenvalue weighted by Crippen LogP contribution is -2.09. The van der Waals surface area contributed by atoms with Gasteiger partial charge in [0, 0.05) is 6.08 Å². The van der Waals surface area contributed by atoms with Crippen LogP contribution in [-0.2, 0) is 9.53 Å². The molecule has 3 nitrogen and oxygen atoms in total. The molecular weight excluding hydrogens is 228 g/mol. The van der Waals surface area contributed by atoms with Crippen LogP contribution in [0.5, 0.6) is 5.75 Å². The highest BCUT2D eigenvalue weighted by molar-refractivity contribution is 5.81. The van der Waals surface area contributed by atoms with Crippen molar-refractivity contribution < 1.29 is 14.6 Å². The number of hydrogen-bond donors (Lipinski definition) is 1. The molecule has 0 aliphatic heterocycles. The van der Waals surface area contributed by atoms with E-state index in [9.17, 15) is 9.90 Å². The van der Waals surface area contributed by atoms with Gasteiger partial charge in [-0.3, -0.25) is 0 Å². The molecule has 98 valence electrons. The van der Waals surface area contributed by atoms with Gasteiger partial charge in [0.1, 0.15) is 11.9 Å². The maximum Gasteiger partial charge on any atom is 0.330 e. The normalized spacial score (nSPS) is 11.8. The molecule has 0 fully saturated rings. The zero-order valence-corrected chi connectivity index (χ0v) is 10.8. The highest BCUT2D eigenvalue weighted by Crippen LogP contribution is 2.25. The van der Waals surface area contributed by atoms with Gasteiger partial charge in [0.2, 0.25) is 0 Å². The summed E-state index contributed by atoms with van der Waals surface area (Å²) in [6.45, 7) is 5.53. The molecule has 1 atom stereocenters. The van der Waals surface area contributed by atoms with Crippen LogP contribution in [0.15, 0.2) is 36.9 Å². The molecule has 0 aliphatic rings. The number of phenolic OH excluding ortho intramolecular Hbond substituents is 1. The van der Waals surface area contributed by atoms with E-state index in [1.54, 1.807) is 24.3 Å². The number of phenols is 1. The van der Waals surface area contributed by atoms with Gasteiger partial charge in [-0.15, -0.1) is 0 Å². The maximum atomic E-state index is 11.3. The molecule has 3 heteroatoms. The number of hydrogen-bond acceptors (Lipinski definition) is 3. The van der Waals surface area contributed by atoms with Crippen molar-refractivity contribution in [1.29, 1.82) is 0 Å². The molecular formula is C15H20O3. The summed E-state index contributed by atoms with van der Waals surface area (Å²) >= 11 is 0. The van der Waals surface area contributed by atoms with Gasteiger partial charge < -0.3 is 9.84 Å². The van der Waals surface area contributed by atoms with Crippen molar-refractivity contribution in [1.82, 2.24) is 0 Å². The van der Waals surface area contributed by atoms with Crippen LogP contribution in [0.3, 0.4) is 0 Å². The SMILES string of the molecule is C=CC(=O)OC(CCCCC)c1ccc(O)cc1. The van der Waals surface area contributed by atoms with E-state index in [4.69, 9.17) is 4.74 Å². The first kappa shape index (κ1) is 14.3. The summed E-state index contributed by atoms with van der Waals surface area (Å²) < 4.78 is 5.33. The van der Waals surface area contributed by atoms with Crippen LogP contribution in [0.4, 0.5) is 0 Å². The van der Waals surface area contributed by atoms with E-state index in [2.05, 4.69) is 13.5 Å². The van der Waals surface area contributed by atoms with Crippen molar-refractivity contribution in [3.8, 4) is 5.75 Å². The quantitative estimate of drug-likeness (QED) is 0.454. The highest BCUT2D eigenvalue weighted by atomic mass is 16.5. The molecule has 0 heterocycles. The molecule has 0 saturated carbocycles. The molecule has 1 unspecified atom stereocenters. The van der Waals surface area contributed by atoms with E-state index in [1.807, 2.05) is 0 Å². The smallest absolute Gasteiger partial charge is 0.330 e. The zero-order valence-electron chi connectivity index (χ0n) is 10.8. The number of rotatable bonds is 7. The molecule has 0 aromatic heterocycles. The standard InChI is InChI=1S/C15H20O3/c1-3-5-6-7-14(18-15(17)4-2)12-8-10-13(16)11-9-12/h4,8-11,14,16H,2-3,5-7H2,1H3.